The number of Topliss-reactive ketones (excluding diaryl/α,β-unsaturated/α-hetero) is 1. The predicted octanol–water partition coefficient (Wildman–Crippen LogP) is 4.11. The molecule has 6 heteroatoms. The average molecular weight is 430 g/mol. The molecule has 1 aliphatic rings. The molecular formula is C24H28ClNO4. The van der Waals surface area contributed by atoms with E-state index in [-0.39, 0.29) is 23.7 Å². The molecule has 0 aliphatic carbocycles. The van der Waals surface area contributed by atoms with Crippen molar-refractivity contribution in [3.8, 4) is 5.75 Å². The molecule has 0 bridgehead atoms. The van der Waals surface area contributed by atoms with Crippen LogP contribution in [0.1, 0.15) is 37.3 Å². The summed E-state index contributed by atoms with van der Waals surface area (Å²) in [6.07, 6.45) is 2.90. The Labute approximate surface area is 182 Å². The molecule has 0 saturated carbocycles. The van der Waals surface area contributed by atoms with Crippen molar-refractivity contribution in [2.45, 2.75) is 38.0 Å². The molecule has 1 fully saturated rings. The number of aryl methyl sites for hydroxylation is 1. The van der Waals surface area contributed by atoms with Crippen molar-refractivity contribution >= 4 is 23.3 Å². The fourth-order valence-electron chi connectivity index (χ4n) is 3.69. The number of carbonyl (C=O) groups excluding carboxylic acids is 2. The summed E-state index contributed by atoms with van der Waals surface area (Å²) in [5.41, 5.74) is 2.02. The van der Waals surface area contributed by atoms with Crippen molar-refractivity contribution in [2.75, 3.05) is 26.4 Å². The molecule has 2 aromatic rings. The van der Waals surface area contributed by atoms with Crippen LogP contribution < -0.4 is 10.1 Å². The number of hydrogen-bond acceptors (Lipinski definition) is 4. The first-order chi connectivity index (χ1) is 14.5. The Hall–Kier alpha value is -2.37. The topological polar surface area (TPSA) is 64.6 Å². The summed E-state index contributed by atoms with van der Waals surface area (Å²) < 4.78 is 11.2. The third kappa shape index (κ3) is 6.31. The third-order valence-electron chi connectivity index (χ3n) is 5.57. The van der Waals surface area contributed by atoms with Crippen LogP contribution in [-0.2, 0) is 26.2 Å². The molecule has 0 radical (unpaired) electrons. The van der Waals surface area contributed by atoms with Crippen molar-refractivity contribution in [3.05, 3.63) is 64.7 Å². The summed E-state index contributed by atoms with van der Waals surface area (Å²) in [6.45, 7) is 3.38. The van der Waals surface area contributed by atoms with E-state index in [1.807, 2.05) is 42.5 Å². The molecule has 1 aliphatic heterocycles. The number of rotatable bonds is 9. The molecule has 160 valence electrons. The lowest BCUT2D eigenvalue weighted by molar-refractivity contribution is -0.123. The molecule has 2 aromatic carbocycles. The minimum atomic E-state index is -0.183. The van der Waals surface area contributed by atoms with E-state index in [0.717, 1.165) is 24.0 Å². The number of hydrogen-bond donors (Lipinski definition) is 1. The fourth-order valence-corrected chi connectivity index (χ4v) is 3.88. The number of amides is 1. The van der Waals surface area contributed by atoms with Crippen LogP contribution in [-0.4, -0.2) is 38.1 Å². The van der Waals surface area contributed by atoms with Gasteiger partial charge in [0.05, 0.1) is 0 Å². The maximum absolute atomic E-state index is 12.4. The minimum absolute atomic E-state index is 0.0467. The lowest BCUT2D eigenvalue weighted by Gasteiger charge is -2.38. The molecule has 0 spiro atoms. The number of carbonyl (C=O) groups is 2. The van der Waals surface area contributed by atoms with Gasteiger partial charge in [0.1, 0.15) is 11.5 Å². The molecule has 1 N–H and O–H groups in total. The van der Waals surface area contributed by atoms with Crippen LogP contribution in [0.25, 0.3) is 0 Å². The number of ether oxygens (including phenoxy) is 2. The first-order valence-electron chi connectivity index (χ1n) is 10.3. The second-order valence-electron chi connectivity index (χ2n) is 7.81. The second-order valence-corrected chi connectivity index (χ2v) is 8.25. The summed E-state index contributed by atoms with van der Waals surface area (Å²) in [6, 6.07) is 15.3. The summed E-state index contributed by atoms with van der Waals surface area (Å²) >= 11 is 6.20. The van der Waals surface area contributed by atoms with Crippen molar-refractivity contribution in [1.29, 1.82) is 0 Å². The zero-order chi connectivity index (χ0) is 21.4. The standard InChI is InChI=1S/C24H28ClNO4/c1-18(27)5-6-19-7-9-22(10-8-19)30-16-23(28)26-17-24(11-13-29-14-12-24)20-3-2-4-21(25)15-20/h2-4,7-10,15H,5-6,11-14,16-17H2,1H3,(H,26,28). The number of ketones is 1. The average Bonchev–Trinajstić information content (AvgIpc) is 2.76. The monoisotopic (exact) mass is 429 g/mol. The molecule has 1 amide bonds. The third-order valence-corrected chi connectivity index (χ3v) is 5.80. The van der Waals surface area contributed by atoms with Gasteiger partial charge in [0.15, 0.2) is 6.61 Å². The Balaban J connectivity index is 1.53. The van der Waals surface area contributed by atoms with E-state index in [2.05, 4.69) is 11.4 Å². The first-order valence-corrected chi connectivity index (χ1v) is 10.7. The normalized spacial score (nSPS) is 15.4. The van der Waals surface area contributed by atoms with E-state index in [9.17, 15) is 9.59 Å². The van der Waals surface area contributed by atoms with Gasteiger partial charge >= 0.3 is 0 Å². The molecule has 0 atom stereocenters. The van der Waals surface area contributed by atoms with Crippen LogP contribution >= 0.6 is 11.6 Å². The highest BCUT2D eigenvalue weighted by atomic mass is 35.5. The van der Waals surface area contributed by atoms with E-state index in [0.29, 0.717) is 43.4 Å². The molecule has 1 saturated heterocycles. The van der Waals surface area contributed by atoms with Gasteiger partial charge in [-0.25, -0.2) is 0 Å². The van der Waals surface area contributed by atoms with Gasteiger partial charge < -0.3 is 19.6 Å². The van der Waals surface area contributed by atoms with Crippen molar-refractivity contribution in [1.82, 2.24) is 5.32 Å². The van der Waals surface area contributed by atoms with Crippen molar-refractivity contribution in [2.24, 2.45) is 0 Å². The van der Waals surface area contributed by atoms with Crippen molar-refractivity contribution in [3.63, 3.8) is 0 Å². The predicted molar refractivity (Wildman–Crippen MR) is 117 cm³/mol. The van der Waals surface area contributed by atoms with Crippen LogP contribution in [0.4, 0.5) is 0 Å². The summed E-state index contributed by atoms with van der Waals surface area (Å²) in [5.74, 6) is 0.642. The van der Waals surface area contributed by atoms with Gasteiger partial charge in [-0.2, -0.15) is 0 Å². The Morgan fingerprint density at radius 3 is 2.53 bits per heavy atom. The maximum Gasteiger partial charge on any atom is 0.257 e. The van der Waals surface area contributed by atoms with Crippen LogP contribution in [0.2, 0.25) is 5.02 Å². The van der Waals surface area contributed by atoms with Crippen LogP contribution in [0.5, 0.6) is 5.75 Å². The van der Waals surface area contributed by atoms with E-state index in [1.165, 1.54) is 0 Å². The number of benzene rings is 2. The van der Waals surface area contributed by atoms with Gasteiger partial charge in [-0.15, -0.1) is 0 Å². The summed E-state index contributed by atoms with van der Waals surface area (Å²) in [7, 11) is 0. The fraction of sp³-hybridized carbons (Fsp3) is 0.417. The lowest BCUT2D eigenvalue weighted by atomic mass is 9.74. The molecule has 0 unspecified atom stereocenters. The summed E-state index contributed by atoms with van der Waals surface area (Å²) in [4.78, 5) is 23.5. The SMILES string of the molecule is CC(=O)CCc1ccc(OCC(=O)NCC2(c3cccc(Cl)c3)CCOCC2)cc1. The molecule has 0 aromatic heterocycles. The van der Waals surface area contributed by atoms with Crippen LogP contribution in [0.15, 0.2) is 48.5 Å². The highest BCUT2D eigenvalue weighted by molar-refractivity contribution is 6.30. The Morgan fingerprint density at radius 1 is 1.13 bits per heavy atom. The Morgan fingerprint density at radius 2 is 1.87 bits per heavy atom. The lowest BCUT2D eigenvalue weighted by Crippen LogP contribution is -2.45. The molecule has 3 rings (SSSR count). The van der Waals surface area contributed by atoms with Gasteiger partial charge in [-0.3, -0.25) is 4.79 Å². The van der Waals surface area contributed by atoms with E-state index in [1.54, 1.807) is 6.92 Å². The van der Waals surface area contributed by atoms with E-state index >= 15 is 0 Å². The van der Waals surface area contributed by atoms with E-state index < -0.39 is 0 Å². The molecule has 1 heterocycles. The number of nitrogens with one attached hydrogen (secondary N) is 1. The highest BCUT2D eigenvalue weighted by Gasteiger charge is 2.35. The maximum atomic E-state index is 12.4. The molecule has 30 heavy (non-hydrogen) atoms. The Bertz CT molecular complexity index is 860. The zero-order valence-corrected chi connectivity index (χ0v) is 18.0. The van der Waals surface area contributed by atoms with Gasteiger partial charge in [-0.1, -0.05) is 35.9 Å². The van der Waals surface area contributed by atoms with Crippen molar-refractivity contribution < 1.29 is 19.1 Å². The number of halogens is 1. The quantitative estimate of drug-likeness (QED) is 0.651. The molecular weight excluding hydrogens is 402 g/mol. The van der Waals surface area contributed by atoms with Crippen LogP contribution in [0, 0.1) is 0 Å². The summed E-state index contributed by atoms with van der Waals surface area (Å²) in [5, 5.41) is 3.72. The van der Waals surface area contributed by atoms with Crippen LogP contribution in [0.3, 0.4) is 0 Å². The van der Waals surface area contributed by atoms with Gasteiger partial charge in [0, 0.05) is 36.6 Å². The smallest absolute Gasteiger partial charge is 0.257 e. The largest absolute Gasteiger partial charge is 0.484 e. The zero-order valence-electron chi connectivity index (χ0n) is 17.3. The Kier molecular flexibility index (Phi) is 7.88. The van der Waals surface area contributed by atoms with Gasteiger partial charge in [0.25, 0.3) is 5.91 Å². The molecule has 5 nitrogen and oxygen atoms in total. The van der Waals surface area contributed by atoms with E-state index in [4.69, 9.17) is 21.1 Å². The second kappa shape index (κ2) is 10.6. The van der Waals surface area contributed by atoms with Gasteiger partial charge in [0.2, 0.25) is 0 Å². The first kappa shape index (κ1) is 22.3. The van der Waals surface area contributed by atoms with Gasteiger partial charge in [-0.05, 0) is 61.6 Å². The highest BCUT2D eigenvalue weighted by Crippen LogP contribution is 2.35. The minimum Gasteiger partial charge on any atom is -0.484 e.